The lowest BCUT2D eigenvalue weighted by molar-refractivity contribution is -0.146. The van der Waals surface area contributed by atoms with Gasteiger partial charge in [0, 0.05) is 11.0 Å². The Kier molecular flexibility index (Phi) is 7.99. The lowest BCUT2D eigenvalue weighted by atomic mass is 10.2. The van der Waals surface area contributed by atoms with Crippen molar-refractivity contribution in [2.45, 2.75) is 32.4 Å². The summed E-state index contributed by atoms with van der Waals surface area (Å²) in [7, 11) is 0. The number of thioether (sulfide) groups is 1. The largest absolute Gasteiger partial charge is 0.466 e. The van der Waals surface area contributed by atoms with E-state index >= 15 is 0 Å². The van der Waals surface area contributed by atoms with Crippen molar-refractivity contribution in [3.05, 3.63) is 0 Å². The summed E-state index contributed by atoms with van der Waals surface area (Å²) < 4.78 is 4.92. The molecular formula is C10H21NO2S. The van der Waals surface area contributed by atoms with Crippen LogP contribution in [0.2, 0.25) is 0 Å². The minimum absolute atomic E-state index is 0.0137. The van der Waals surface area contributed by atoms with E-state index in [0.29, 0.717) is 18.4 Å². The second kappa shape index (κ2) is 8.12. The fourth-order valence-corrected chi connectivity index (χ4v) is 2.04. The molecule has 2 atom stereocenters. The Morgan fingerprint density at radius 1 is 1.50 bits per heavy atom. The van der Waals surface area contributed by atoms with Crippen molar-refractivity contribution in [1.82, 2.24) is 0 Å². The van der Waals surface area contributed by atoms with Crippen LogP contribution in [0.5, 0.6) is 0 Å². The summed E-state index contributed by atoms with van der Waals surface area (Å²) in [4.78, 5) is 11.3. The number of carbonyl (C=O) groups excluding carboxylic acids is 1. The van der Waals surface area contributed by atoms with E-state index in [9.17, 15) is 4.79 Å². The molecule has 0 aromatic heterocycles. The summed E-state index contributed by atoms with van der Waals surface area (Å²) in [5, 5.41) is 0.525. The predicted octanol–water partition coefficient (Wildman–Crippen LogP) is 1.66. The summed E-state index contributed by atoms with van der Waals surface area (Å²) >= 11 is 1.78. The minimum atomic E-state index is -0.0973. The van der Waals surface area contributed by atoms with Crippen molar-refractivity contribution >= 4 is 17.7 Å². The zero-order valence-corrected chi connectivity index (χ0v) is 10.1. The molecule has 0 aromatic carbocycles. The van der Waals surface area contributed by atoms with E-state index in [4.69, 9.17) is 10.5 Å². The predicted molar refractivity (Wildman–Crippen MR) is 61.4 cm³/mol. The van der Waals surface area contributed by atoms with E-state index in [2.05, 4.69) is 6.92 Å². The van der Waals surface area contributed by atoms with Gasteiger partial charge in [-0.05, 0) is 19.9 Å². The van der Waals surface area contributed by atoms with Gasteiger partial charge in [0.25, 0.3) is 0 Å². The van der Waals surface area contributed by atoms with Crippen LogP contribution in [0.15, 0.2) is 0 Å². The average Bonchev–Trinajstić information content (AvgIpc) is 2.15. The van der Waals surface area contributed by atoms with Crippen molar-refractivity contribution in [2.24, 2.45) is 11.7 Å². The van der Waals surface area contributed by atoms with Gasteiger partial charge in [-0.15, -0.1) is 0 Å². The van der Waals surface area contributed by atoms with Crippen LogP contribution in [-0.4, -0.2) is 30.1 Å². The van der Waals surface area contributed by atoms with Crippen LogP contribution in [0.4, 0.5) is 0 Å². The first-order chi connectivity index (χ1) is 6.61. The van der Waals surface area contributed by atoms with Gasteiger partial charge in [-0.25, -0.2) is 0 Å². The monoisotopic (exact) mass is 219 g/mol. The van der Waals surface area contributed by atoms with Crippen molar-refractivity contribution in [3.63, 3.8) is 0 Å². The van der Waals surface area contributed by atoms with Crippen LogP contribution in [0, 0.1) is 5.92 Å². The average molecular weight is 219 g/mol. The normalized spacial score (nSPS) is 14.9. The van der Waals surface area contributed by atoms with Crippen molar-refractivity contribution in [1.29, 1.82) is 0 Å². The van der Waals surface area contributed by atoms with E-state index in [0.717, 1.165) is 12.2 Å². The van der Waals surface area contributed by atoms with E-state index in [1.54, 1.807) is 11.8 Å². The molecule has 0 aliphatic rings. The van der Waals surface area contributed by atoms with Gasteiger partial charge in [0.05, 0.1) is 12.5 Å². The lowest BCUT2D eigenvalue weighted by Crippen LogP contribution is -2.18. The van der Waals surface area contributed by atoms with Gasteiger partial charge in [0.15, 0.2) is 0 Å². The molecule has 0 heterocycles. The molecule has 0 aliphatic heterocycles. The van der Waals surface area contributed by atoms with Crippen LogP contribution in [0.3, 0.4) is 0 Å². The van der Waals surface area contributed by atoms with E-state index in [-0.39, 0.29) is 11.9 Å². The highest BCUT2D eigenvalue weighted by atomic mass is 32.2. The first-order valence-corrected chi connectivity index (χ1v) is 6.15. The van der Waals surface area contributed by atoms with Gasteiger partial charge in [-0.1, -0.05) is 13.8 Å². The Hall–Kier alpha value is -0.220. The number of nitrogens with two attached hydrogens (primary N) is 1. The SMILES string of the molecule is CCOC(=O)C(C)CSC(C)CCN. The van der Waals surface area contributed by atoms with Crippen LogP contribution in [0.25, 0.3) is 0 Å². The quantitative estimate of drug-likeness (QED) is 0.662. The van der Waals surface area contributed by atoms with Gasteiger partial charge in [-0.2, -0.15) is 11.8 Å². The van der Waals surface area contributed by atoms with Crippen LogP contribution < -0.4 is 5.73 Å². The maximum atomic E-state index is 11.3. The highest BCUT2D eigenvalue weighted by Crippen LogP contribution is 2.17. The number of hydrogen-bond acceptors (Lipinski definition) is 4. The standard InChI is InChI=1S/C10H21NO2S/c1-4-13-10(12)8(2)7-14-9(3)5-6-11/h8-9H,4-7,11H2,1-3H3. The summed E-state index contributed by atoms with van der Waals surface area (Å²) in [5.41, 5.74) is 5.44. The third kappa shape index (κ3) is 6.27. The minimum Gasteiger partial charge on any atom is -0.466 e. The van der Waals surface area contributed by atoms with E-state index in [1.807, 2.05) is 13.8 Å². The molecule has 0 spiro atoms. The Labute approximate surface area is 90.8 Å². The fraction of sp³-hybridized carbons (Fsp3) is 0.900. The zero-order chi connectivity index (χ0) is 11.0. The summed E-state index contributed by atoms with van der Waals surface area (Å²) in [6.07, 6.45) is 1.00. The number of ether oxygens (including phenoxy) is 1. The molecule has 0 aromatic rings. The Bertz CT molecular complexity index is 164. The second-order valence-corrected chi connectivity index (χ2v) is 4.85. The Morgan fingerprint density at radius 2 is 2.14 bits per heavy atom. The summed E-state index contributed by atoms with van der Waals surface area (Å²) in [5.74, 6) is 0.708. The van der Waals surface area contributed by atoms with Gasteiger partial charge >= 0.3 is 5.97 Å². The second-order valence-electron chi connectivity index (χ2n) is 3.37. The molecule has 0 aliphatic carbocycles. The van der Waals surface area contributed by atoms with Gasteiger partial charge in [0.1, 0.15) is 0 Å². The van der Waals surface area contributed by atoms with Gasteiger partial charge in [0.2, 0.25) is 0 Å². The van der Waals surface area contributed by atoms with Crippen LogP contribution >= 0.6 is 11.8 Å². The van der Waals surface area contributed by atoms with Crippen LogP contribution in [0.1, 0.15) is 27.2 Å². The smallest absolute Gasteiger partial charge is 0.309 e. The lowest BCUT2D eigenvalue weighted by Gasteiger charge is -2.13. The summed E-state index contributed by atoms with van der Waals surface area (Å²) in [6.45, 7) is 7.04. The highest BCUT2D eigenvalue weighted by Gasteiger charge is 2.15. The number of hydrogen-bond donors (Lipinski definition) is 1. The van der Waals surface area contributed by atoms with Gasteiger partial charge in [-0.3, -0.25) is 4.79 Å². The third-order valence-corrected chi connectivity index (χ3v) is 3.39. The fourth-order valence-electron chi connectivity index (χ4n) is 0.979. The number of rotatable bonds is 7. The van der Waals surface area contributed by atoms with E-state index in [1.165, 1.54) is 0 Å². The van der Waals surface area contributed by atoms with Crippen LogP contribution in [-0.2, 0) is 9.53 Å². The molecule has 0 rings (SSSR count). The molecule has 0 amide bonds. The molecule has 2 N–H and O–H groups in total. The number of esters is 1. The molecule has 4 heteroatoms. The molecule has 0 bridgehead atoms. The Balaban J connectivity index is 3.61. The third-order valence-electron chi connectivity index (χ3n) is 1.89. The first-order valence-electron chi connectivity index (χ1n) is 5.10. The molecule has 0 saturated heterocycles. The van der Waals surface area contributed by atoms with Crippen molar-refractivity contribution in [2.75, 3.05) is 18.9 Å². The highest BCUT2D eigenvalue weighted by molar-refractivity contribution is 7.99. The molecule has 0 radical (unpaired) electrons. The van der Waals surface area contributed by atoms with Gasteiger partial charge < -0.3 is 10.5 Å². The molecule has 0 fully saturated rings. The molecular weight excluding hydrogens is 198 g/mol. The summed E-state index contributed by atoms with van der Waals surface area (Å²) in [6, 6.07) is 0. The molecule has 0 saturated carbocycles. The van der Waals surface area contributed by atoms with Crippen molar-refractivity contribution < 1.29 is 9.53 Å². The van der Waals surface area contributed by atoms with E-state index < -0.39 is 0 Å². The maximum absolute atomic E-state index is 11.3. The molecule has 2 unspecified atom stereocenters. The maximum Gasteiger partial charge on any atom is 0.309 e. The zero-order valence-electron chi connectivity index (χ0n) is 9.29. The first kappa shape index (κ1) is 13.8. The molecule has 3 nitrogen and oxygen atoms in total. The topological polar surface area (TPSA) is 52.3 Å². The molecule has 84 valence electrons. The Morgan fingerprint density at radius 3 is 2.64 bits per heavy atom. The van der Waals surface area contributed by atoms with Crippen molar-refractivity contribution in [3.8, 4) is 0 Å². The number of carbonyl (C=O) groups is 1. The molecule has 14 heavy (non-hydrogen) atoms.